The Labute approximate surface area is 96.6 Å². The number of hydrogen-bond donors (Lipinski definition) is 1. The van der Waals surface area contributed by atoms with Crippen molar-refractivity contribution in [1.82, 2.24) is 10.1 Å². The fraction of sp³-hybridized carbons (Fsp3) is 0.833. The van der Waals surface area contributed by atoms with E-state index in [4.69, 9.17) is 10.3 Å². The highest BCUT2D eigenvalue weighted by Crippen LogP contribution is 2.36. The van der Waals surface area contributed by atoms with Crippen LogP contribution < -0.4 is 5.73 Å². The number of nitrogens with zero attached hydrogens (tertiary/aromatic N) is 2. The van der Waals surface area contributed by atoms with Gasteiger partial charge in [-0.2, -0.15) is 4.98 Å². The van der Waals surface area contributed by atoms with Gasteiger partial charge in [0.25, 0.3) is 0 Å². The van der Waals surface area contributed by atoms with Gasteiger partial charge < -0.3 is 10.3 Å². The Bertz CT molecular complexity index is 350. The van der Waals surface area contributed by atoms with E-state index in [1.165, 1.54) is 6.42 Å². The fourth-order valence-electron chi connectivity index (χ4n) is 2.57. The molecule has 0 spiro atoms. The molecule has 0 aliphatic heterocycles. The van der Waals surface area contributed by atoms with Gasteiger partial charge in [-0.3, -0.25) is 0 Å². The highest BCUT2D eigenvalue weighted by atomic mass is 16.5. The number of aromatic nitrogens is 2. The third-order valence-corrected chi connectivity index (χ3v) is 3.40. The van der Waals surface area contributed by atoms with Crippen LogP contribution in [0, 0.1) is 5.92 Å². The Morgan fingerprint density at radius 1 is 1.56 bits per heavy atom. The van der Waals surface area contributed by atoms with E-state index in [0.29, 0.717) is 11.8 Å². The van der Waals surface area contributed by atoms with Crippen LogP contribution >= 0.6 is 0 Å². The molecule has 0 saturated heterocycles. The first-order valence-electron chi connectivity index (χ1n) is 6.26. The van der Waals surface area contributed by atoms with Crippen molar-refractivity contribution >= 4 is 0 Å². The Hall–Kier alpha value is -0.900. The maximum absolute atomic E-state index is 6.38. The summed E-state index contributed by atoms with van der Waals surface area (Å²) in [5, 5.41) is 3.99. The first-order valence-corrected chi connectivity index (χ1v) is 6.26. The summed E-state index contributed by atoms with van der Waals surface area (Å²) in [6.07, 6.45) is 6.24. The molecule has 16 heavy (non-hydrogen) atoms. The summed E-state index contributed by atoms with van der Waals surface area (Å²) in [5.41, 5.74) is 6.01. The molecule has 0 radical (unpaired) electrons. The predicted octanol–water partition coefficient (Wildman–Crippen LogP) is 2.39. The number of aryl methyl sites for hydroxylation is 1. The van der Waals surface area contributed by atoms with E-state index in [9.17, 15) is 0 Å². The number of rotatable bonds is 3. The van der Waals surface area contributed by atoms with Gasteiger partial charge in [0.1, 0.15) is 0 Å². The van der Waals surface area contributed by atoms with Gasteiger partial charge in [0.2, 0.25) is 5.89 Å². The first-order chi connectivity index (χ1) is 7.64. The predicted molar refractivity (Wildman–Crippen MR) is 61.8 cm³/mol. The molecule has 2 atom stereocenters. The number of nitrogens with two attached hydrogens (primary N) is 1. The van der Waals surface area contributed by atoms with E-state index in [1.807, 2.05) is 0 Å². The topological polar surface area (TPSA) is 64.9 Å². The van der Waals surface area contributed by atoms with Crippen LogP contribution in [0.2, 0.25) is 0 Å². The summed E-state index contributed by atoms with van der Waals surface area (Å²) in [6, 6.07) is 0. The quantitative estimate of drug-likeness (QED) is 0.854. The summed E-state index contributed by atoms with van der Waals surface area (Å²) in [5.74, 6) is 2.09. The highest BCUT2D eigenvalue weighted by Gasteiger charge is 2.37. The molecule has 1 aliphatic carbocycles. The normalized spacial score (nSPS) is 30.6. The molecule has 1 fully saturated rings. The minimum absolute atomic E-state index is 0.378. The third kappa shape index (κ3) is 2.26. The lowest BCUT2D eigenvalue weighted by molar-refractivity contribution is 0.183. The first kappa shape index (κ1) is 11.6. The van der Waals surface area contributed by atoms with Gasteiger partial charge in [-0.1, -0.05) is 31.8 Å². The zero-order chi connectivity index (χ0) is 11.6. The van der Waals surface area contributed by atoms with Gasteiger partial charge >= 0.3 is 0 Å². The van der Waals surface area contributed by atoms with E-state index < -0.39 is 0 Å². The van der Waals surface area contributed by atoms with Crippen molar-refractivity contribution in [3.05, 3.63) is 11.7 Å². The standard InChI is InChI=1S/C12H21N3O/c1-3-5-10-14-11(16-15-10)12(13)7-4-6-9(2)8-12/h9H,3-8,13H2,1-2H3. The van der Waals surface area contributed by atoms with Crippen molar-refractivity contribution in [2.75, 3.05) is 0 Å². The van der Waals surface area contributed by atoms with Crippen molar-refractivity contribution in [2.24, 2.45) is 11.7 Å². The van der Waals surface area contributed by atoms with Crippen LogP contribution in [0.5, 0.6) is 0 Å². The van der Waals surface area contributed by atoms with Crippen molar-refractivity contribution in [3.63, 3.8) is 0 Å². The second kappa shape index (κ2) is 4.53. The van der Waals surface area contributed by atoms with Gasteiger partial charge in [-0.15, -0.1) is 0 Å². The molecule has 1 saturated carbocycles. The number of hydrogen-bond acceptors (Lipinski definition) is 4. The molecule has 2 rings (SSSR count). The lowest BCUT2D eigenvalue weighted by Gasteiger charge is -2.33. The molecule has 1 aromatic heterocycles. The van der Waals surface area contributed by atoms with Crippen LogP contribution in [0.3, 0.4) is 0 Å². The molecule has 1 aromatic rings. The molecule has 4 heteroatoms. The molecule has 4 nitrogen and oxygen atoms in total. The van der Waals surface area contributed by atoms with Gasteiger partial charge in [0, 0.05) is 6.42 Å². The average molecular weight is 223 g/mol. The summed E-state index contributed by atoms with van der Waals surface area (Å²) < 4.78 is 5.32. The molecule has 90 valence electrons. The Balaban J connectivity index is 2.14. The summed E-state index contributed by atoms with van der Waals surface area (Å²) >= 11 is 0. The minimum atomic E-state index is -0.378. The molecule has 1 heterocycles. The molecule has 2 N–H and O–H groups in total. The van der Waals surface area contributed by atoms with Gasteiger partial charge in [-0.05, 0) is 25.2 Å². The molecule has 1 aliphatic rings. The minimum Gasteiger partial charge on any atom is -0.337 e. The Morgan fingerprint density at radius 3 is 3.06 bits per heavy atom. The molecular formula is C12H21N3O. The van der Waals surface area contributed by atoms with Gasteiger partial charge in [-0.25, -0.2) is 0 Å². The van der Waals surface area contributed by atoms with Crippen molar-refractivity contribution < 1.29 is 4.52 Å². The van der Waals surface area contributed by atoms with Gasteiger partial charge in [0.15, 0.2) is 5.82 Å². The van der Waals surface area contributed by atoms with E-state index in [2.05, 4.69) is 24.0 Å². The van der Waals surface area contributed by atoms with Crippen molar-refractivity contribution in [3.8, 4) is 0 Å². The summed E-state index contributed by atoms with van der Waals surface area (Å²) in [6.45, 7) is 4.35. The maximum atomic E-state index is 6.38. The Morgan fingerprint density at radius 2 is 2.38 bits per heavy atom. The lowest BCUT2D eigenvalue weighted by atomic mass is 9.77. The van der Waals surface area contributed by atoms with Crippen LogP contribution in [-0.4, -0.2) is 10.1 Å². The van der Waals surface area contributed by atoms with Crippen LogP contribution in [0.1, 0.15) is 57.7 Å². The second-order valence-corrected chi connectivity index (χ2v) is 5.12. The van der Waals surface area contributed by atoms with Crippen LogP contribution in [0.25, 0.3) is 0 Å². The van der Waals surface area contributed by atoms with E-state index in [-0.39, 0.29) is 5.54 Å². The zero-order valence-electron chi connectivity index (χ0n) is 10.2. The van der Waals surface area contributed by atoms with Crippen molar-refractivity contribution in [1.29, 1.82) is 0 Å². The highest BCUT2D eigenvalue weighted by molar-refractivity contribution is 5.04. The second-order valence-electron chi connectivity index (χ2n) is 5.12. The van der Waals surface area contributed by atoms with Gasteiger partial charge in [0.05, 0.1) is 5.54 Å². The SMILES string of the molecule is CCCc1noc(C2(N)CCCC(C)C2)n1. The largest absolute Gasteiger partial charge is 0.337 e. The van der Waals surface area contributed by atoms with Crippen molar-refractivity contribution in [2.45, 2.75) is 57.9 Å². The average Bonchev–Trinajstić information content (AvgIpc) is 2.67. The monoisotopic (exact) mass is 223 g/mol. The molecule has 0 amide bonds. The lowest BCUT2D eigenvalue weighted by Crippen LogP contribution is -2.41. The van der Waals surface area contributed by atoms with E-state index in [1.54, 1.807) is 0 Å². The Kier molecular flexibility index (Phi) is 3.28. The summed E-state index contributed by atoms with van der Waals surface area (Å²) in [7, 11) is 0. The molecule has 0 bridgehead atoms. The third-order valence-electron chi connectivity index (χ3n) is 3.40. The van der Waals surface area contributed by atoms with Crippen LogP contribution in [-0.2, 0) is 12.0 Å². The van der Waals surface area contributed by atoms with E-state index in [0.717, 1.165) is 37.9 Å². The maximum Gasteiger partial charge on any atom is 0.246 e. The molecular weight excluding hydrogens is 202 g/mol. The van der Waals surface area contributed by atoms with Crippen LogP contribution in [0.4, 0.5) is 0 Å². The summed E-state index contributed by atoms with van der Waals surface area (Å²) in [4.78, 5) is 4.43. The smallest absolute Gasteiger partial charge is 0.246 e. The molecule has 0 aromatic carbocycles. The fourth-order valence-corrected chi connectivity index (χ4v) is 2.57. The van der Waals surface area contributed by atoms with Crippen LogP contribution in [0.15, 0.2) is 4.52 Å². The molecule has 2 unspecified atom stereocenters. The van der Waals surface area contributed by atoms with E-state index >= 15 is 0 Å². The zero-order valence-corrected chi connectivity index (χ0v) is 10.2.